The normalized spacial score (nSPS) is 13.6. The van der Waals surface area contributed by atoms with Crippen LogP contribution in [0.25, 0.3) is 22.2 Å². The Labute approximate surface area is 128 Å². The minimum Gasteiger partial charge on any atom is -0.497 e. The molecule has 0 unspecified atom stereocenters. The molecule has 0 spiro atoms. The summed E-state index contributed by atoms with van der Waals surface area (Å²) in [5.41, 5.74) is 5.44. The van der Waals surface area contributed by atoms with Gasteiger partial charge in [0.15, 0.2) is 0 Å². The molecule has 3 aromatic rings. The van der Waals surface area contributed by atoms with E-state index in [1.165, 1.54) is 32.6 Å². The summed E-state index contributed by atoms with van der Waals surface area (Å²) in [6, 6.07) is 15.1. The number of thioether (sulfide) groups is 1. The molecule has 0 radical (unpaired) electrons. The lowest BCUT2D eigenvalue weighted by Crippen LogP contribution is -1.93. The molecule has 0 bridgehead atoms. The minimum absolute atomic E-state index is 0.932. The molecule has 106 valence electrons. The van der Waals surface area contributed by atoms with E-state index in [1.807, 2.05) is 17.8 Å². The predicted octanol–water partition coefficient (Wildman–Crippen LogP) is 4.50. The SMILES string of the molecule is COc1ccc2c(c1)c1c(n2C)-c2ccccc2SCC1. The molecule has 1 aliphatic rings. The number of rotatable bonds is 1. The summed E-state index contributed by atoms with van der Waals surface area (Å²) in [6.45, 7) is 0. The second-order valence-electron chi connectivity index (χ2n) is 5.36. The van der Waals surface area contributed by atoms with Crippen LogP contribution in [0.1, 0.15) is 5.56 Å². The van der Waals surface area contributed by atoms with Crippen LogP contribution in [0.4, 0.5) is 0 Å². The number of aryl methyl sites for hydroxylation is 2. The van der Waals surface area contributed by atoms with E-state index in [4.69, 9.17) is 4.74 Å². The fourth-order valence-corrected chi connectivity index (χ4v) is 4.30. The molecule has 0 atom stereocenters. The number of fused-ring (bicyclic) bond motifs is 5. The average molecular weight is 295 g/mol. The molecule has 3 heteroatoms. The van der Waals surface area contributed by atoms with E-state index in [2.05, 4.69) is 48.0 Å². The van der Waals surface area contributed by atoms with Crippen LogP contribution < -0.4 is 4.74 Å². The minimum atomic E-state index is 0.932. The summed E-state index contributed by atoms with van der Waals surface area (Å²) in [5, 5.41) is 1.32. The van der Waals surface area contributed by atoms with Gasteiger partial charge in [-0.05, 0) is 36.2 Å². The number of aromatic nitrogens is 1. The molecule has 0 fully saturated rings. The van der Waals surface area contributed by atoms with Gasteiger partial charge in [-0.3, -0.25) is 0 Å². The number of nitrogens with zero attached hydrogens (tertiary/aromatic N) is 1. The lowest BCUT2D eigenvalue weighted by atomic mass is 10.0. The molecular weight excluding hydrogens is 278 g/mol. The topological polar surface area (TPSA) is 14.2 Å². The van der Waals surface area contributed by atoms with E-state index in [0.717, 1.165) is 17.9 Å². The maximum absolute atomic E-state index is 5.41. The third-order valence-corrected chi connectivity index (χ3v) is 5.34. The van der Waals surface area contributed by atoms with E-state index in [0.29, 0.717) is 0 Å². The summed E-state index contributed by atoms with van der Waals surface area (Å²) < 4.78 is 7.74. The summed E-state index contributed by atoms with van der Waals surface area (Å²) >= 11 is 1.95. The van der Waals surface area contributed by atoms with Crippen LogP contribution in [0, 0.1) is 0 Å². The lowest BCUT2D eigenvalue weighted by molar-refractivity contribution is 0.415. The van der Waals surface area contributed by atoms with E-state index < -0.39 is 0 Å². The number of methoxy groups -OCH3 is 1. The van der Waals surface area contributed by atoms with Crippen LogP contribution in [0.5, 0.6) is 5.75 Å². The maximum atomic E-state index is 5.41. The largest absolute Gasteiger partial charge is 0.497 e. The molecule has 2 nitrogen and oxygen atoms in total. The molecule has 0 saturated heterocycles. The van der Waals surface area contributed by atoms with Crippen LogP contribution in [0.3, 0.4) is 0 Å². The van der Waals surface area contributed by atoms with Crippen molar-refractivity contribution in [3.05, 3.63) is 48.0 Å². The van der Waals surface area contributed by atoms with Gasteiger partial charge < -0.3 is 9.30 Å². The molecule has 1 aliphatic heterocycles. The van der Waals surface area contributed by atoms with Gasteiger partial charge in [0.2, 0.25) is 0 Å². The summed E-state index contributed by atoms with van der Waals surface area (Å²) in [5.74, 6) is 2.06. The van der Waals surface area contributed by atoms with Gasteiger partial charge in [-0.15, -0.1) is 11.8 Å². The summed E-state index contributed by atoms with van der Waals surface area (Å²) in [4.78, 5) is 1.38. The molecule has 21 heavy (non-hydrogen) atoms. The van der Waals surface area contributed by atoms with E-state index in [9.17, 15) is 0 Å². The number of hydrogen-bond acceptors (Lipinski definition) is 2. The maximum Gasteiger partial charge on any atom is 0.119 e. The third-order valence-electron chi connectivity index (χ3n) is 4.26. The molecule has 4 rings (SSSR count). The fourth-order valence-electron chi connectivity index (χ4n) is 3.27. The molecule has 0 N–H and O–H groups in total. The molecular formula is C18H17NOS. The van der Waals surface area contributed by atoms with Crippen LogP contribution in [0.2, 0.25) is 0 Å². The van der Waals surface area contributed by atoms with E-state index in [-0.39, 0.29) is 0 Å². The second kappa shape index (κ2) is 4.85. The fraction of sp³-hybridized carbons (Fsp3) is 0.222. The van der Waals surface area contributed by atoms with Gasteiger partial charge in [0.1, 0.15) is 5.75 Å². The monoisotopic (exact) mass is 295 g/mol. The van der Waals surface area contributed by atoms with Crippen molar-refractivity contribution < 1.29 is 4.74 Å². The van der Waals surface area contributed by atoms with Gasteiger partial charge in [-0.1, -0.05) is 18.2 Å². The van der Waals surface area contributed by atoms with Crippen molar-refractivity contribution in [2.24, 2.45) is 7.05 Å². The zero-order valence-corrected chi connectivity index (χ0v) is 13.0. The lowest BCUT2D eigenvalue weighted by Gasteiger charge is -2.08. The number of hydrogen-bond donors (Lipinski definition) is 0. The Morgan fingerprint density at radius 2 is 2.00 bits per heavy atom. The molecule has 0 saturated carbocycles. The van der Waals surface area contributed by atoms with Crippen molar-refractivity contribution in [3.63, 3.8) is 0 Å². The van der Waals surface area contributed by atoms with Gasteiger partial charge in [-0.2, -0.15) is 0 Å². The first-order valence-electron chi connectivity index (χ1n) is 7.17. The number of ether oxygens (including phenoxy) is 1. The average Bonchev–Trinajstić information content (AvgIpc) is 2.69. The number of benzene rings is 2. The first kappa shape index (κ1) is 12.8. The van der Waals surface area contributed by atoms with E-state index in [1.54, 1.807) is 7.11 Å². The first-order chi connectivity index (χ1) is 10.3. The molecule has 0 amide bonds. The van der Waals surface area contributed by atoms with E-state index >= 15 is 0 Å². The van der Waals surface area contributed by atoms with Crippen molar-refractivity contribution in [2.75, 3.05) is 12.9 Å². The Balaban J connectivity index is 2.09. The highest BCUT2D eigenvalue weighted by Crippen LogP contribution is 2.42. The summed E-state index contributed by atoms with van der Waals surface area (Å²) in [6.07, 6.45) is 1.10. The van der Waals surface area contributed by atoms with Gasteiger partial charge >= 0.3 is 0 Å². The smallest absolute Gasteiger partial charge is 0.119 e. The Kier molecular flexibility index (Phi) is 2.96. The highest BCUT2D eigenvalue weighted by molar-refractivity contribution is 7.99. The Bertz CT molecular complexity index is 835. The Morgan fingerprint density at radius 1 is 1.14 bits per heavy atom. The zero-order chi connectivity index (χ0) is 14.4. The highest BCUT2D eigenvalue weighted by atomic mass is 32.2. The van der Waals surface area contributed by atoms with Crippen molar-refractivity contribution in [1.29, 1.82) is 0 Å². The van der Waals surface area contributed by atoms with Crippen molar-refractivity contribution in [2.45, 2.75) is 11.3 Å². The van der Waals surface area contributed by atoms with Gasteiger partial charge in [-0.25, -0.2) is 0 Å². The van der Waals surface area contributed by atoms with Crippen molar-refractivity contribution in [3.8, 4) is 17.0 Å². The molecule has 1 aromatic heterocycles. The first-order valence-corrected chi connectivity index (χ1v) is 8.15. The molecule has 2 aromatic carbocycles. The van der Waals surface area contributed by atoms with Crippen molar-refractivity contribution in [1.82, 2.24) is 4.57 Å². The second-order valence-corrected chi connectivity index (χ2v) is 6.50. The van der Waals surface area contributed by atoms with Crippen LogP contribution in [0.15, 0.2) is 47.4 Å². The predicted molar refractivity (Wildman–Crippen MR) is 89.3 cm³/mol. The Morgan fingerprint density at radius 3 is 2.86 bits per heavy atom. The van der Waals surface area contributed by atoms with Gasteiger partial charge in [0.25, 0.3) is 0 Å². The molecule has 2 heterocycles. The quantitative estimate of drug-likeness (QED) is 0.656. The van der Waals surface area contributed by atoms with Crippen LogP contribution >= 0.6 is 11.8 Å². The van der Waals surface area contributed by atoms with Crippen LogP contribution in [-0.4, -0.2) is 17.4 Å². The zero-order valence-electron chi connectivity index (χ0n) is 12.2. The van der Waals surface area contributed by atoms with Crippen molar-refractivity contribution >= 4 is 22.7 Å². The Hall–Kier alpha value is -1.87. The summed E-state index contributed by atoms with van der Waals surface area (Å²) in [7, 11) is 3.90. The van der Waals surface area contributed by atoms with Gasteiger partial charge in [0.05, 0.1) is 12.8 Å². The third kappa shape index (κ3) is 1.88. The highest BCUT2D eigenvalue weighted by Gasteiger charge is 2.21. The van der Waals surface area contributed by atoms with Crippen LogP contribution in [-0.2, 0) is 13.5 Å². The molecule has 0 aliphatic carbocycles. The standard InChI is InChI=1S/C18H17NOS/c1-19-16-8-7-12(20-2)11-15(16)13-9-10-21-17-6-4-3-5-14(17)18(13)19/h3-8,11H,9-10H2,1-2H3. The van der Waals surface area contributed by atoms with Gasteiger partial charge in [0, 0.05) is 34.2 Å².